The van der Waals surface area contributed by atoms with E-state index in [1.54, 1.807) is 24.1 Å². The Morgan fingerprint density at radius 1 is 0.943 bits per heavy atom. The quantitative estimate of drug-likeness (QED) is 0.515. The molecular formula is C26H28ClN3O4S. The normalized spacial score (nSPS) is 14.1. The van der Waals surface area contributed by atoms with Crippen molar-refractivity contribution in [2.45, 2.75) is 18.7 Å². The number of sulfonamides is 1. The number of rotatable bonds is 6. The molecule has 4 rings (SSSR count). The lowest BCUT2D eigenvalue weighted by atomic mass is 10.1. The summed E-state index contributed by atoms with van der Waals surface area (Å²) in [4.78, 5) is 17.1. The molecule has 1 heterocycles. The standard InChI is InChI=1S/C26H28ClN3O4S/c1-18-8-9-20(16-19(18)2)28-35(32,33)21-10-11-23(27)22(17-21)26(31)30-14-12-29(13-15-30)24-6-4-5-7-25(24)34-3/h4-11,16-17,28H,12-15H2,1-3H3. The van der Waals surface area contributed by atoms with Gasteiger partial charge >= 0.3 is 0 Å². The van der Waals surface area contributed by atoms with Crippen LogP contribution in [0.3, 0.4) is 0 Å². The number of amides is 1. The van der Waals surface area contributed by atoms with Crippen LogP contribution in [0.5, 0.6) is 5.75 Å². The molecule has 1 saturated heterocycles. The molecular weight excluding hydrogens is 486 g/mol. The van der Waals surface area contributed by atoms with Gasteiger partial charge in [0.2, 0.25) is 0 Å². The summed E-state index contributed by atoms with van der Waals surface area (Å²) in [5, 5.41) is 0.215. The Balaban J connectivity index is 1.50. The van der Waals surface area contributed by atoms with Gasteiger partial charge < -0.3 is 14.5 Å². The molecule has 0 atom stereocenters. The molecule has 184 valence electrons. The summed E-state index contributed by atoms with van der Waals surface area (Å²) in [6.07, 6.45) is 0. The monoisotopic (exact) mass is 513 g/mol. The minimum Gasteiger partial charge on any atom is -0.495 e. The van der Waals surface area contributed by atoms with Crippen LogP contribution in [0.25, 0.3) is 0 Å². The van der Waals surface area contributed by atoms with Gasteiger partial charge in [-0.15, -0.1) is 0 Å². The summed E-state index contributed by atoms with van der Waals surface area (Å²) in [6.45, 7) is 6.07. The third-order valence-electron chi connectivity index (χ3n) is 6.23. The first kappa shape index (κ1) is 24.9. The van der Waals surface area contributed by atoms with Crippen LogP contribution < -0.4 is 14.4 Å². The lowest BCUT2D eigenvalue weighted by Crippen LogP contribution is -2.49. The molecule has 1 amide bonds. The van der Waals surface area contributed by atoms with Crippen LogP contribution in [0.15, 0.2) is 65.6 Å². The second kappa shape index (κ2) is 10.2. The van der Waals surface area contributed by atoms with Crippen molar-refractivity contribution in [2.75, 3.05) is 42.9 Å². The topological polar surface area (TPSA) is 79.0 Å². The first-order chi connectivity index (χ1) is 16.7. The molecule has 1 fully saturated rings. The molecule has 0 bridgehead atoms. The third kappa shape index (κ3) is 5.39. The lowest BCUT2D eigenvalue weighted by Gasteiger charge is -2.36. The zero-order chi connectivity index (χ0) is 25.2. The number of halogens is 1. The van der Waals surface area contributed by atoms with Crippen LogP contribution in [-0.4, -0.2) is 52.5 Å². The number of hydrogen-bond donors (Lipinski definition) is 1. The average molecular weight is 514 g/mol. The molecule has 0 aromatic heterocycles. The number of methoxy groups -OCH3 is 1. The SMILES string of the molecule is COc1ccccc1N1CCN(C(=O)c2cc(S(=O)(=O)Nc3ccc(C)c(C)c3)ccc2Cl)CC1. The molecule has 0 aliphatic carbocycles. The Morgan fingerprint density at radius 3 is 2.34 bits per heavy atom. The number of aryl methyl sites for hydroxylation is 2. The second-order valence-corrected chi connectivity index (χ2v) is 10.6. The molecule has 1 aliphatic rings. The summed E-state index contributed by atoms with van der Waals surface area (Å²) in [5.41, 5.74) is 3.65. The van der Waals surface area contributed by atoms with E-state index >= 15 is 0 Å². The third-order valence-corrected chi connectivity index (χ3v) is 7.94. The Kier molecular flexibility index (Phi) is 7.23. The predicted molar refractivity (Wildman–Crippen MR) is 139 cm³/mol. The van der Waals surface area contributed by atoms with Crippen molar-refractivity contribution in [3.8, 4) is 5.75 Å². The van der Waals surface area contributed by atoms with Gasteiger partial charge in [-0.3, -0.25) is 9.52 Å². The Morgan fingerprint density at radius 2 is 1.66 bits per heavy atom. The van der Waals surface area contributed by atoms with E-state index in [4.69, 9.17) is 16.3 Å². The highest BCUT2D eigenvalue weighted by Crippen LogP contribution is 2.29. The van der Waals surface area contributed by atoms with Crippen molar-refractivity contribution < 1.29 is 17.9 Å². The van der Waals surface area contributed by atoms with E-state index in [1.807, 2.05) is 44.2 Å². The maximum atomic E-state index is 13.3. The molecule has 0 unspecified atom stereocenters. The Hall–Kier alpha value is -3.23. The maximum absolute atomic E-state index is 13.3. The van der Waals surface area contributed by atoms with Crippen LogP contribution in [0, 0.1) is 13.8 Å². The summed E-state index contributed by atoms with van der Waals surface area (Å²) in [5.74, 6) is 0.488. The molecule has 35 heavy (non-hydrogen) atoms. The fourth-order valence-electron chi connectivity index (χ4n) is 4.07. The number of ether oxygens (including phenoxy) is 1. The van der Waals surface area contributed by atoms with Gasteiger partial charge in [0.1, 0.15) is 5.75 Å². The molecule has 0 saturated carbocycles. The zero-order valence-electron chi connectivity index (χ0n) is 19.9. The van der Waals surface area contributed by atoms with Gasteiger partial charge in [0.25, 0.3) is 15.9 Å². The van der Waals surface area contributed by atoms with E-state index in [2.05, 4.69) is 9.62 Å². The molecule has 7 nitrogen and oxygen atoms in total. The minimum atomic E-state index is -3.90. The van der Waals surface area contributed by atoms with E-state index in [0.717, 1.165) is 22.6 Å². The van der Waals surface area contributed by atoms with Crippen LogP contribution in [0.4, 0.5) is 11.4 Å². The van der Waals surface area contributed by atoms with E-state index in [-0.39, 0.29) is 21.4 Å². The molecule has 0 radical (unpaired) electrons. The van der Waals surface area contributed by atoms with E-state index in [0.29, 0.717) is 31.9 Å². The van der Waals surface area contributed by atoms with Gasteiger partial charge in [0.05, 0.1) is 28.3 Å². The molecule has 1 aliphatic heterocycles. The van der Waals surface area contributed by atoms with Gasteiger partial charge in [-0.05, 0) is 67.4 Å². The Labute approximate surface area is 211 Å². The number of nitrogens with one attached hydrogen (secondary N) is 1. The smallest absolute Gasteiger partial charge is 0.261 e. The molecule has 9 heteroatoms. The fourth-order valence-corrected chi connectivity index (χ4v) is 5.34. The number of piperazine rings is 1. The van der Waals surface area contributed by atoms with Crippen molar-refractivity contribution in [2.24, 2.45) is 0 Å². The van der Waals surface area contributed by atoms with Crippen molar-refractivity contribution in [1.82, 2.24) is 4.90 Å². The first-order valence-corrected chi connectivity index (χ1v) is 13.1. The van der Waals surface area contributed by atoms with Crippen molar-refractivity contribution >= 4 is 38.9 Å². The maximum Gasteiger partial charge on any atom is 0.261 e. The van der Waals surface area contributed by atoms with Gasteiger partial charge in [-0.2, -0.15) is 0 Å². The van der Waals surface area contributed by atoms with Crippen LogP contribution >= 0.6 is 11.6 Å². The number of nitrogens with zero attached hydrogens (tertiary/aromatic N) is 2. The summed E-state index contributed by atoms with van der Waals surface area (Å²) >= 11 is 6.33. The number of benzene rings is 3. The predicted octanol–water partition coefficient (Wildman–Crippen LogP) is 4.73. The van der Waals surface area contributed by atoms with Crippen molar-refractivity contribution in [1.29, 1.82) is 0 Å². The lowest BCUT2D eigenvalue weighted by molar-refractivity contribution is 0.0746. The fraction of sp³-hybridized carbons (Fsp3) is 0.269. The Bertz CT molecular complexity index is 1350. The number of hydrogen-bond acceptors (Lipinski definition) is 5. The van der Waals surface area contributed by atoms with Gasteiger partial charge in [0, 0.05) is 31.9 Å². The first-order valence-electron chi connectivity index (χ1n) is 11.3. The highest BCUT2D eigenvalue weighted by atomic mass is 35.5. The summed E-state index contributed by atoms with van der Waals surface area (Å²) < 4.78 is 34.1. The van der Waals surface area contributed by atoms with Gasteiger partial charge in [-0.25, -0.2) is 8.42 Å². The van der Waals surface area contributed by atoms with Gasteiger partial charge in [0.15, 0.2) is 0 Å². The van der Waals surface area contributed by atoms with Crippen molar-refractivity contribution in [3.63, 3.8) is 0 Å². The largest absolute Gasteiger partial charge is 0.495 e. The van der Waals surface area contributed by atoms with Crippen LogP contribution in [0.1, 0.15) is 21.5 Å². The van der Waals surface area contributed by atoms with Crippen LogP contribution in [-0.2, 0) is 10.0 Å². The molecule has 1 N–H and O–H groups in total. The number of carbonyl (C=O) groups is 1. The van der Waals surface area contributed by atoms with Crippen molar-refractivity contribution in [3.05, 3.63) is 82.4 Å². The van der Waals surface area contributed by atoms with E-state index in [9.17, 15) is 13.2 Å². The highest BCUT2D eigenvalue weighted by Gasteiger charge is 2.26. The minimum absolute atomic E-state index is 0.0175. The van der Waals surface area contributed by atoms with Crippen LogP contribution in [0.2, 0.25) is 5.02 Å². The highest BCUT2D eigenvalue weighted by molar-refractivity contribution is 7.92. The van der Waals surface area contributed by atoms with E-state index in [1.165, 1.54) is 18.2 Å². The number of para-hydroxylation sites is 2. The number of anilines is 2. The molecule has 3 aromatic carbocycles. The zero-order valence-corrected chi connectivity index (χ0v) is 21.5. The second-order valence-electron chi connectivity index (χ2n) is 8.50. The average Bonchev–Trinajstić information content (AvgIpc) is 2.86. The summed E-state index contributed by atoms with van der Waals surface area (Å²) in [6, 6.07) is 17.3. The number of carbonyl (C=O) groups excluding carboxylic acids is 1. The summed E-state index contributed by atoms with van der Waals surface area (Å²) in [7, 11) is -2.27. The van der Waals surface area contributed by atoms with Gasteiger partial charge in [-0.1, -0.05) is 29.8 Å². The molecule has 0 spiro atoms. The molecule has 3 aromatic rings. The van der Waals surface area contributed by atoms with E-state index < -0.39 is 10.0 Å².